The third kappa shape index (κ3) is 2.91. The standard InChI is InChI=1S/C16H23NO2/c1-4-13-7-5-6-12(2)15(13)17-9-8-16(3,11-17)10-14(18)19/h5-7H,4,8-11H2,1-3H3,(H,18,19). The molecule has 1 unspecified atom stereocenters. The number of anilines is 1. The van der Waals surface area contributed by atoms with Gasteiger partial charge in [-0.2, -0.15) is 0 Å². The summed E-state index contributed by atoms with van der Waals surface area (Å²) in [6.45, 7) is 8.20. The van der Waals surface area contributed by atoms with Gasteiger partial charge in [0.1, 0.15) is 0 Å². The van der Waals surface area contributed by atoms with Gasteiger partial charge in [-0.05, 0) is 36.3 Å². The fourth-order valence-corrected chi connectivity index (χ4v) is 3.18. The number of benzene rings is 1. The van der Waals surface area contributed by atoms with Gasteiger partial charge in [0.15, 0.2) is 0 Å². The zero-order valence-electron chi connectivity index (χ0n) is 12.1. The summed E-state index contributed by atoms with van der Waals surface area (Å²) in [6, 6.07) is 6.42. The molecule has 0 radical (unpaired) electrons. The van der Waals surface area contributed by atoms with Crippen LogP contribution in [-0.4, -0.2) is 24.2 Å². The lowest BCUT2D eigenvalue weighted by molar-refractivity contribution is -0.139. The number of carbonyl (C=O) groups is 1. The highest BCUT2D eigenvalue weighted by molar-refractivity contribution is 5.68. The number of nitrogens with zero attached hydrogens (tertiary/aromatic N) is 1. The van der Waals surface area contributed by atoms with Gasteiger partial charge >= 0.3 is 5.97 Å². The van der Waals surface area contributed by atoms with Crippen LogP contribution in [0, 0.1) is 12.3 Å². The van der Waals surface area contributed by atoms with Gasteiger partial charge in [-0.3, -0.25) is 4.79 Å². The Morgan fingerprint density at radius 1 is 1.47 bits per heavy atom. The van der Waals surface area contributed by atoms with Crippen molar-refractivity contribution >= 4 is 11.7 Å². The van der Waals surface area contributed by atoms with Crippen molar-refractivity contribution in [3.05, 3.63) is 29.3 Å². The van der Waals surface area contributed by atoms with E-state index in [2.05, 4.69) is 43.9 Å². The maximum absolute atomic E-state index is 11.0. The summed E-state index contributed by atoms with van der Waals surface area (Å²) in [6.07, 6.45) is 2.23. The minimum atomic E-state index is -0.690. The normalized spacial score (nSPS) is 22.8. The number of aryl methyl sites for hydroxylation is 2. The lowest BCUT2D eigenvalue weighted by Crippen LogP contribution is -2.28. The molecule has 0 aliphatic carbocycles. The molecule has 1 fully saturated rings. The molecule has 1 N–H and O–H groups in total. The predicted octanol–water partition coefficient (Wildman–Crippen LogP) is 3.25. The topological polar surface area (TPSA) is 40.5 Å². The first-order chi connectivity index (χ1) is 8.95. The van der Waals surface area contributed by atoms with Gasteiger partial charge in [0.25, 0.3) is 0 Å². The van der Waals surface area contributed by atoms with Crippen molar-refractivity contribution in [3.8, 4) is 0 Å². The Bertz CT molecular complexity index is 484. The summed E-state index contributed by atoms with van der Waals surface area (Å²) in [7, 11) is 0. The van der Waals surface area contributed by atoms with Crippen LogP contribution in [0.5, 0.6) is 0 Å². The lowest BCUT2D eigenvalue weighted by Gasteiger charge is -2.27. The summed E-state index contributed by atoms with van der Waals surface area (Å²) in [5.41, 5.74) is 3.87. The maximum atomic E-state index is 11.0. The molecule has 104 valence electrons. The van der Waals surface area contributed by atoms with E-state index in [1.807, 2.05) is 0 Å². The minimum absolute atomic E-state index is 0.0981. The molecule has 0 bridgehead atoms. The second-order valence-corrected chi connectivity index (χ2v) is 5.99. The zero-order chi connectivity index (χ0) is 14.0. The zero-order valence-corrected chi connectivity index (χ0v) is 12.1. The highest BCUT2D eigenvalue weighted by Gasteiger charge is 2.36. The van der Waals surface area contributed by atoms with E-state index in [1.165, 1.54) is 16.8 Å². The number of aliphatic carboxylic acids is 1. The van der Waals surface area contributed by atoms with Crippen LogP contribution in [0.25, 0.3) is 0 Å². The number of hydrogen-bond acceptors (Lipinski definition) is 2. The van der Waals surface area contributed by atoms with E-state index in [0.29, 0.717) is 0 Å². The third-order valence-corrected chi connectivity index (χ3v) is 4.15. The summed E-state index contributed by atoms with van der Waals surface area (Å²) >= 11 is 0. The summed E-state index contributed by atoms with van der Waals surface area (Å²) < 4.78 is 0. The average molecular weight is 261 g/mol. The molecule has 1 aliphatic heterocycles. The van der Waals surface area contributed by atoms with Crippen molar-refractivity contribution in [2.24, 2.45) is 5.41 Å². The number of rotatable bonds is 4. The monoisotopic (exact) mass is 261 g/mol. The summed E-state index contributed by atoms with van der Waals surface area (Å²) in [5.74, 6) is -0.690. The van der Waals surface area contributed by atoms with E-state index in [1.54, 1.807) is 0 Å². The Labute approximate surface area is 115 Å². The Balaban J connectivity index is 2.24. The van der Waals surface area contributed by atoms with E-state index in [0.717, 1.165) is 25.9 Å². The molecular formula is C16H23NO2. The smallest absolute Gasteiger partial charge is 0.303 e. The van der Waals surface area contributed by atoms with Crippen molar-refractivity contribution in [1.82, 2.24) is 0 Å². The van der Waals surface area contributed by atoms with Gasteiger partial charge in [0.2, 0.25) is 0 Å². The van der Waals surface area contributed by atoms with Crippen LogP contribution in [0.1, 0.15) is 37.8 Å². The summed E-state index contributed by atoms with van der Waals surface area (Å²) in [4.78, 5) is 13.3. The minimum Gasteiger partial charge on any atom is -0.481 e. The van der Waals surface area contributed by atoms with Crippen LogP contribution in [0.15, 0.2) is 18.2 Å². The Morgan fingerprint density at radius 3 is 2.84 bits per heavy atom. The SMILES string of the molecule is CCc1cccc(C)c1N1CCC(C)(CC(=O)O)C1. The first-order valence-corrected chi connectivity index (χ1v) is 7.00. The van der Waals surface area contributed by atoms with Gasteiger partial charge in [0.05, 0.1) is 6.42 Å². The molecule has 1 aromatic carbocycles. The van der Waals surface area contributed by atoms with Crippen LogP contribution in [0.2, 0.25) is 0 Å². The van der Waals surface area contributed by atoms with Crippen molar-refractivity contribution in [3.63, 3.8) is 0 Å². The maximum Gasteiger partial charge on any atom is 0.303 e. The quantitative estimate of drug-likeness (QED) is 0.904. The van der Waals surface area contributed by atoms with E-state index in [-0.39, 0.29) is 11.8 Å². The number of para-hydroxylation sites is 1. The first kappa shape index (κ1) is 13.9. The van der Waals surface area contributed by atoms with Crippen LogP contribution >= 0.6 is 0 Å². The fraction of sp³-hybridized carbons (Fsp3) is 0.562. The summed E-state index contributed by atoms with van der Waals surface area (Å²) in [5, 5.41) is 9.03. The van der Waals surface area contributed by atoms with Gasteiger partial charge in [-0.1, -0.05) is 32.0 Å². The Kier molecular flexibility index (Phi) is 3.83. The highest BCUT2D eigenvalue weighted by atomic mass is 16.4. The Hall–Kier alpha value is -1.51. The molecule has 1 heterocycles. The molecule has 0 saturated carbocycles. The number of carboxylic acid groups (broad SMARTS) is 1. The van der Waals surface area contributed by atoms with Crippen molar-refractivity contribution in [1.29, 1.82) is 0 Å². The molecule has 3 heteroatoms. The Morgan fingerprint density at radius 2 is 2.21 bits per heavy atom. The molecule has 1 aromatic rings. The molecule has 3 nitrogen and oxygen atoms in total. The van der Waals surface area contributed by atoms with Crippen LogP contribution in [0.3, 0.4) is 0 Å². The first-order valence-electron chi connectivity index (χ1n) is 7.00. The molecule has 1 aliphatic rings. The van der Waals surface area contributed by atoms with Crippen LogP contribution in [0.4, 0.5) is 5.69 Å². The second kappa shape index (κ2) is 5.24. The molecule has 1 atom stereocenters. The fourth-order valence-electron chi connectivity index (χ4n) is 3.18. The molecule has 0 spiro atoms. The number of hydrogen-bond donors (Lipinski definition) is 1. The number of carboxylic acids is 1. The lowest BCUT2D eigenvalue weighted by atomic mass is 9.86. The van der Waals surface area contributed by atoms with Gasteiger partial charge in [0, 0.05) is 18.8 Å². The van der Waals surface area contributed by atoms with Crippen LogP contribution in [-0.2, 0) is 11.2 Å². The molecule has 19 heavy (non-hydrogen) atoms. The van der Waals surface area contributed by atoms with E-state index in [9.17, 15) is 4.79 Å². The van der Waals surface area contributed by atoms with E-state index in [4.69, 9.17) is 5.11 Å². The van der Waals surface area contributed by atoms with Crippen molar-refractivity contribution < 1.29 is 9.90 Å². The molecule has 1 saturated heterocycles. The predicted molar refractivity (Wildman–Crippen MR) is 77.7 cm³/mol. The molecule has 2 rings (SSSR count). The highest BCUT2D eigenvalue weighted by Crippen LogP contribution is 2.38. The van der Waals surface area contributed by atoms with E-state index >= 15 is 0 Å². The third-order valence-electron chi connectivity index (χ3n) is 4.15. The van der Waals surface area contributed by atoms with Crippen molar-refractivity contribution in [2.45, 2.75) is 40.0 Å². The second-order valence-electron chi connectivity index (χ2n) is 5.99. The van der Waals surface area contributed by atoms with E-state index < -0.39 is 5.97 Å². The van der Waals surface area contributed by atoms with Gasteiger partial charge in [-0.15, -0.1) is 0 Å². The molecule has 0 aromatic heterocycles. The van der Waals surface area contributed by atoms with Gasteiger partial charge in [-0.25, -0.2) is 0 Å². The largest absolute Gasteiger partial charge is 0.481 e. The van der Waals surface area contributed by atoms with Crippen LogP contribution < -0.4 is 4.90 Å². The molecular weight excluding hydrogens is 238 g/mol. The van der Waals surface area contributed by atoms with Crippen molar-refractivity contribution in [2.75, 3.05) is 18.0 Å². The average Bonchev–Trinajstić information content (AvgIpc) is 2.69. The molecule has 0 amide bonds. The van der Waals surface area contributed by atoms with Gasteiger partial charge < -0.3 is 10.0 Å².